The quantitative estimate of drug-likeness (QED) is 0.746. The van der Waals surface area contributed by atoms with E-state index in [1.165, 1.54) is 35.6 Å². The molecule has 0 saturated heterocycles. The summed E-state index contributed by atoms with van der Waals surface area (Å²) in [5.74, 6) is -0.399. The van der Waals surface area contributed by atoms with E-state index in [2.05, 4.69) is 10.2 Å². The number of carbonyl (C=O) groups excluding carboxylic acids is 1. The van der Waals surface area contributed by atoms with Crippen molar-refractivity contribution in [2.75, 3.05) is 11.9 Å². The molecule has 1 amide bonds. The summed E-state index contributed by atoms with van der Waals surface area (Å²) in [6.07, 6.45) is 0. The van der Waals surface area contributed by atoms with E-state index in [0.717, 1.165) is 0 Å². The molecule has 13 heavy (non-hydrogen) atoms. The van der Waals surface area contributed by atoms with Crippen LogP contribution in [0.25, 0.3) is 0 Å². The number of carbonyl (C=O) groups is 1. The standard InChI is InChI=1S/C7H11N3O2S/c1-7(2,12)5(11)10(3)6-9-8-4-13-6/h4,12H,1-3H3. The average Bonchev–Trinajstić information content (AvgIpc) is 2.51. The van der Waals surface area contributed by atoms with E-state index >= 15 is 0 Å². The van der Waals surface area contributed by atoms with Crippen molar-refractivity contribution < 1.29 is 9.90 Å². The van der Waals surface area contributed by atoms with Crippen LogP contribution in [-0.2, 0) is 4.79 Å². The minimum absolute atomic E-state index is 0.399. The van der Waals surface area contributed by atoms with E-state index in [-0.39, 0.29) is 0 Å². The van der Waals surface area contributed by atoms with Crippen LogP contribution in [-0.4, -0.2) is 33.9 Å². The Kier molecular flexibility index (Phi) is 2.63. The van der Waals surface area contributed by atoms with Crippen LogP contribution in [0.4, 0.5) is 5.13 Å². The van der Waals surface area contributed by atoms with Gasteiger partial charge in [-0.2, -0.15) is 0 Å². The second kappa shape index (κ2) is 3.39. The van der Waals surface area contributed by atoms with E-state index in [0.29, 0.717) is 5.13 Å². The Morgan fingerprint density at radius 2 is 2.31 bits per heavy atom. The zero-order valence-electron chi connectivity index (χ0n) is 7.68. The van der Waals surface area contributed by atoms with E-state index in [1.807, 2.05) is 0 Å². The van der Waals surface area contributed by atoms with Gasteiger partial charge >= 0.3 is 0 Å². The number of anilines is 1. The molecule has 6 heteroatoms. The van der Waals surface area contributed by atoms with Gasteiger partial charge in [-0.15, -0.1) is 10.2 Å². The fraction of sp³-hybridized carbons (Fsp3) is 0.571. The summed E-state index contributed by atoms with van der Waals surface area (Å²) in [5, 5.41) is 17.2. The molecule has 0 atom stereocenters. The smallest absolute Gasteiger partial charge is 0.259 e. The molecular weight excluding hydrogens is 190 g/mol. The molecule has 0 saturated carbocycles. The molecule has 0 bridgehead atoms. The number of hydrogen-bond acceptors (Lipinski definition) is 5. The molecule has 5 nitrogen and oxygen atoms in total. The zero-order valence-corrected chi connectivity index (χ0v) is 8.50. The Morgan fingerprint density at radius 3 is 2.69 bits per heavy atom. The van der Waals surface area contributed by atoms with Crippen LogP contribution >= 0.6 is 11.3 Å². The predicted octanol–water partition coefficient (Wildman–Crippen LogP) is 0.272. The summed E-state index contributed by atoms with van der Waals surface area (Å²) < 4.78 is 0. The monoisotopic (exact) mass is 201 g/mol. The molecule has 0 aliphatic heterocycles. The summed E-state index contributed by atoms with van der Waals surface area (Å²) in [6, 6.07) is 0. The molecule has 0 unspecified atom stereocenters. The van der Waals surface area contributed by atoms with Crippen molar-refractivity contribution in [3.63, 3.8) is 0 Å². The number of likely N-dealkylation sites (N-methyl/N-ethyl adjacent to an activating group) is 1. The normalized spacial score (nSPS) is 11.4. The van der Waals surface area contributed by atoms with Crippen LogP contribution in [0.2, 0.25) is 0 Å². The first-order chi connectivity index (χ1) is 5.93. The molecule has 1 aromatic rings. The Hall–Kier alpha value is -1.01. The number of nitrogens with zero attached hydrogens (tertiary/aromatic N) is 3. The maximum atomic E-state index is 11.5. The second-order valence-corrected chi connectivity index (χ2v) is 3.96. The minimum atomic E-state index is -1.37. The zero-order chi connectivity index (χ0) is 10.1. The van der Waals surface area contributed by atoms with Gasteiger partial charge in [-0.05, 0) is 13.8 Å². The Morgan fingerprint density at radius 1 is 1.69 bits per heavy atom. The molecule has 1 aromatic heterocycles. The van der Waals surface area contributed by atoms with Crippen LogP contribution < -0.4 is 4.90 Å². The van der Waals surface area contributed by atoms with Gasteiger partial charge in [0.1, 0.15) is 11.1 Å². The third kappa shape index (κ3) is 2.22. The van der Waals surface area contributed by atoms with Gasteiger partial charge in [0.2, 0.25) is 5.13 Å². The molecular formula is C7H11N3O2S. The van der Waals surface area contributed by atoms with Gasteiger partial charge in [0, 0.05) is 7.05 Å². The molecule has 0 radical (unpaired) electrons. The molecule has 0 fully saturated rings. The van der Waals surface area contributed by atoms with Gasteiger partial charge in [0.15, 0.2) is 0 Å². The minimum Gasteiger partial charge on any atom is -0.381 e. The van der Waals surface area contributed by atoms with E-state index < -0.39 is 11.5 Å². The third-order valence-electron chi connectivity index (χ3n) is 1.46. The molecule has 1 N–H and O–H groups in total. The van der Waals surface area contributed by atoms with Crippen molar-refractivity contribution in [2.24, 2.45) is 0 Å². The molecule has 0 aromatic carbocycles. The maximum Gasteiger partial charge on any atom is 0.259 e. The first-order valence-corrected chi connectivity index (χ1v) is 4.57. The van der Waals surface area contributed by atoms with E-state index in [9.17, 15) is 9.90 Å². The first kappa shape index (κ1) is 10.1. The first-order valence-electron chi connectivity index (χ1n) is 3.69. The maximum absolute atomic E-state index is 11.5. The van der Waals surface area contributed by atoms with Crippen LogP contribution in [0.1, 0.15) is 13.8 Å². The van der Waals surface area contributed by atoms with Crippen LogP contribution in [0.3, 0.4) is 0 Å². The highest BCUT2D eigenvalue weighted by molar-refractivity contribution is 7.13. The summed E-state index contributed by atoms with van der Waals surface area (Å²) in [7, 11) is 1.56. The van der Waals surface area contributed by atoms with Crippen molar-refractivity contribution in [2.45, 2.75) is 19.4 Å². The lowest BCUT2D eigenvalue weighted by Crippen LogP contribution is -2.43. The molecule has 1 heterocycles. The summed E-state index contributed by atoms with van der Waals surface area (Å²) in [4.78, 5) is 12.8. The van der Waals surface area contributed by atoms with Gasteiger partial charge in [0.05, 0.1) is 0 Å². The van der Waals surface area contributed by atoms with Gasteiger partial charge < -0.3 is 5.11 Å². The summed E-state index contributed by atoms with van der Waals surface area (Å²) in [6.45, 7) is 2.87. The van der Waals surface area contributed by atoms with Crippen molar-refractivity contribution >= 4 is 22.4 Å². The Labute approximate surface area is 80.0 Å². The van der Waals surface area contributed by atoms with Gasteiger partial charge in [-0.3, -0.25) is 9.69 Å². The lowest BCUT2D eigenvalue weighted by molar-refractivity contribution is -0.133. The second-order valence-electron chi connectivity index (χ2n) is 3.14. The van der Waals surface area contributed by atoms with Crippen LogP contribution in [0.15, 0.2) is 5.51 Å². The van der Waals surface area contributed by atoms with Crippen molar-refractivity contribution in [3.8, 4) is 0 Å². The molecule has 72 valence electrons. The topological polar surface area (TPSA) is 66.3 Å². The summed E-state index contributed by atoms with van der Waals surface area (Å²) in [5.41, 5.74) is 0.157. The number of aliphatic hydroxyl groups is 1. The SMILES string of the molecule is CN(C(=O)C(C)(C)O)c1nncs1. The Balaban J connectivity index is 2.81. The highest BCUT2D eigenvalue weighted by Gasteiger charge is 2.29. The van der Waals surface area contributed by atoms with Crippen molar-refractivity contribution in [1.29, 1.82) is 0 Å². The summed E-state index contributed by atoms with van der Waals surface area (Å²) >= 11 is 1.25. The fourth-order valence-corrected chi connectivity index (χ4v) is 1.33. The van der Waals surface area contributed by atoms with Crippen molar-refractivity contribution in [3.05, 3.63) is 5.51 Å². The molecule has 0 aliphatic rings. The van der Waals surface area contributed by atoms with Gasteiger partial charge in [-0.25, -0.2) is 0 Å². The van der Waals surface area contributed by atoms with Crippen LogP contribution in [0, 0.1) is 0 Å². The third-order valence-corrected chi connectivity index (χ3v) is 2.23. The fourth-order valence-electron chi connectivity index (χ4n) is 0.811. The Bertz CT molecular complexity index is 291. The number of amides is 1. The number of rotatable bonds is 2. The van der Waals surface area contributed by atoms with E-state index in [4.69, 9.17) is 0 Å². The molecule has 0 aliphatic carbocycles. The lowest BCUT2D eigenvalue weighted by Gasteiger charge is -2.22. The lowest BCUT2D eigenvalue weighted by atomic mass is 10.1. The van der Waals surface area contributed by atoms with Gasteiger partial charge in [0.25, 0.3) is 5.91 Å². The average molecular weight is 201 g/mol. The highest BCUT2D eigenvalue weighted by Crippen LogP contribution is 2.17. The number of hydrogen-bond donors (Lipinski definition) is 1. The molecule has 1 rings (SSSR count). The van der Waals surface area contributed by atoms with Crippen LogP contribution in [0.5, 0.6) is 0 Å². The number of aromatic nitrogens is 2. The van der Waals surface area contributed by atoms with Crippen molar-refractivity contribution in [1.82, 2.24) is 10.2 Å². The largest absolute Gasteiger partial charge is 0.381 e. The molecule has 0 spiro atoms. The highest BCUT2D eigenvalue weighted by atomic mass is 32.1. The predicted molar refractivity (Wildman–Crippen MR) is 49.6 cm³/mol. The van der Waals surface area contributed by atoms with Gasteiger partial charge in [-0.1, -0.05) is 11.3 Å². The van der Waals surface area contributed by atoms with E-state index in [1.54, 1.807) is 7.05 Å².